The van der Waals surface area contributed by atoms with Crippen molar-refractivity contribution in [2.75, 3.05) is 25.0 Å². The minimum absolute atomic E-state index is 0.135. The van der Waals surface area contributed by atoms with Gasteiger partial charge in [0.05, 0.1) is 13.1 Å². The molecule has 0 aromatic heterocycles. The standard InChI is InChI=1S/C16H24N2O/c1-12-6-7-15(14(3)9-12)17-16(19)11-18-8-4-5-13(2)10-18/h6-7,9,13H,4-5,8,10-11H2,1-3H3,(H,17,19)/p+1/t13-/m0/s1. The summed E-state index contributed by atoms with van der Waals surface area (Å²) in [7, 11) is 0. The molecule has 1 saturated heterocycles. The lowest BCUT2D eigenvalue weighted by Gasteiger charge is -2.27. The van der Waals surface area contributed by atoms with E-state index in [1.54, 1.807) is 0 Å². The molecular formula is C16H25N2O+. The molecule has 0 aliphatic carbocycles. The van der Waals surface area contributed by atoms with Crippen molar-refractivity contribution < 1.29 is 9.69 Å². The SMILES string of the molecule is Cc1ccc(NC(=O)C[NH+]2CCC[C@H](C)C2)c(C)c1. The molecule has 1 amide bonds. The lowest BCUT2D eigenvalue weighted by atomic mass is 10.0. The molecule has 3 nitrogen and oxygen atoms in total. The number of aryl methyl sites for hydroxylation is 2. The molecule has 3 heteroatoms. The molecule has 2 atom stereocenters. The van der Waals surface area contributed by atoms with Crippen LogP contribution in [-0.2, 0) is 4.79 Å². The molecule has 1 aliphatic heterocycles. The number of amides is 1. The number of hydrogen-bond acceptors (Lipinski definition) is 1. The third-order valence-electron chi connectivity index (χ3n) is 3.93. The largest absolute Gasteiger partial charge is 0.327 e. The van der Waals surface area contributed by atoms with Crippen molar-refractivity contribution in [1.82, 2.24) is 0 Å². The summed E-state index contributed by atoms with van der Waals surface area (Å²) in [4.78, 5) is 13.5. The molecule has 1 aromatic rings. The number of carbonyl (C=O) groups is 1. The molecule has 0 radical (unpaired) electrons. The number of hydrogen-bond donors (Lipinski definition) is 2. The molecular weight excluding hydrogens is 236 g/mol. The summed E-state index contributed by atoms with van der Waals surface area (Å²) in [6.45, 7) is 9.24. The zero-order valence-electron chi connectivity index (χ0n) is 12.3. The van der Waals surface area contributed by atoms with Crippen molar-refractivity contribution >= 4 is 11.6 Å². The number of anilines is 1. The van der Waals surface area contributed by atoms with E-state index in [4.69, 9.17) is 0 Å². The number of rotatable bonds is 3. The minimum atomic E-state index is 0.135. The van der Waals surface area contributed by atoms with Gasteiger partial charge in [-0.2, -0.15) is 0 Å². The van der Waals surface area contributed by atoms with Gasteiger partial charge < -0.3 is 10.2 Å². The normalized spacial score (nSPS) is 23.1. The number of benzene rings is 1. The van der Waals surface area contributed by atoms with E-state index < -0.39 is 0 Å². The molecule has 1 fully saturated rings. The van der Waals surface area contributed by atoms with Crippen LogP contribution in [0.2, 0.25) is 0 Å². The summed E-state index contributed by atoms with van der Waals surface area (Å²) in [6.07, 6.45) is 2.55. The minimum Gasteiger partial charge on any atom is -0.327 e. The zero-order valence-corrected chi connectivity index (χ0v) is 12.3. The zero-order chi connectivity index (χ0) is 13.8. The van der Waals surface area contributed by atoms with Crippen LogP contribution in [0.25, 0.3) is 0 Å². The third-order valence-corrected chi connectivity index (χ3v) is 3.93. The molecule has 2 rings (SSSR count). The highest BCUT2D eigenvalue weighted by Gasteiger charge is 2.22. The molecule has 1 heterocycles. The molecule has 0 saturated carbocycles. The van der Waals surface area contributed by atoms with Crippen LogP contribution in [-0.4, -0.2) is 25.5 Å². The van der Waals surface area contributed by atoms with Gasteiger partial charge in [0.1, 0.15) is 0 Å². The quantitative estimate of drug-likeness (QED) is 0.850. The summed E-state index contributed by atoms with van der Waals surface area (Å²) >= 11 is 0. The predicted octanol–water partition coefficient (Wildman–Crippen LogP) is 1.56. The van der Waals surface area contributed by atoms with E-state index in [0.717, 1.165) is 30.3 Å². The highest BCUT2D eigenvalue weighted by atomic mass is 16.2. The number of piperidine rings is 1. The number of likely N-dealkylation sites (tertiary alicyclic amines) is 1. The second kappa shape index (κ2) is 6.20. The smallest absolute Gasteiger partial charge is 0.279 e. The topological polar surface area (TPSA) is 33.5 Å². The lowest BCUT2D eigenvalue weighted by Crippen LogP contribution is -3.14. The Hall–Kier alpha value is -1.35. The van der Waals surface area contributed by atoms with Gasteiger partial charge in [0.2, 0.25) is 0 Å². The van der Waals surface area contributed by atoms with Crippen LogP contribution in [0.5, 0.6) is 0 Å². The molecule has 1 aromatic carbocycles. The van der Waals surface area contributed by atoms with Crippen molar-refractivity contribution in [3.8, 4) is 0 Å². The Morgan fingerprint density at radius 2 is 2.21 bits per heavy atom. The molecule has 1 aliphatic rings. The fourth-order valence-electron chi connectivity index (χ4n) is 2.93. The predicted molar refractivity (Wildman–Crippen MR) is 78.5 cm³/mol. The highest BCUT2D eigenvalue weighted by Crippen LogP contribution is 2.15. The van der Waals surface area contributed by atoms with E-state index in [0.29, 0.717) is 6.54 Å². The first-order valence-corrected chi connectivity index (χ1v) is 7.25. The van der Waals surface area contributed by atoms with Crippen molar-refractivity contribution in [1.29, 1.82) is 0 Å². The Labute approximate surface area is 116 Å². The van der Waals surface area contributed by atoms with Gasteiger partial charge in [-0.1, -0.05) is 24.6 Å². The summed E-state index contributed by atoms with van der Waals surface area (Å²) in [5.41, 5.74) is 3.31. The van der Waals surface area contributed by atoms with Gasteiger partial charge >= 0.3 is 0 Å². The Morgan fingerprint density at radius 3 is 2.89 bits per heavy atom. The lowest BCUT2D eigenvalue weighted by molar-refractivity contribution is -0.900. The van der Waals surface area contributed by atoms with E-state index in [1.165, 1.54) is 23.3 Å². The number of nitrogens with one attached hydrogen (secondary N) is 2. The second-order valence-corrected chi connectivity index (χ2v) is 5.99. The number of quaternary nitrogens is 1. The van der Waals surface area contributed by atoms with Crippen molar-refractivity contribution in [2.24, 2.45) is 5.92 Å². The molecule has 0 bridgehead atoms. The van der Waals surface area contributed by atoms with Crippen LogP contribution in [0.15, 0.2) is 18.2 Å². The third kappa shape index (κ3) is 4.06. The van der Waals surface area contributed by atoms with Crippen LogP contribution in [0.1, 0.15) is 30.9 Å². The summed E-state index contributed by atoms with van der Waals surface area (Å²) in [5, 5.41) is 3.04. The van der Waals surface area contributed by atoms with Crippen LogP contribution < -0.4 is 10.2 Å². The maximum atomic E-state index is 12.1. The first kappa shape index (κ1) is 14.1. The van der Waals surface area contributed by atoms with Gasteiger partial charge in [-0.15, -0.1) is 0 Å². The van der Waals surface area contributed by atoms with E-state index in [-0.39, 0.29) is 5.91 Å². The van der Waals surface area contributed by atoms with Gasteiger partial charge in [0.25, 0.3) is 5.91 Å². The van der Waals surface area contributed by atoms with E-state index in [2.05, 4.69) is 25.2 Å². The van der Waals surface area contributed by atoms with E-state index >= 15 is 0 Å². The Kier molecular flexibility index (Phi) is 4.59. The van der Waals surface area contributed by atoms with Crippen molar-refractivity contribution in [2.45, 2.75) is 33.6 Å². The fourth-order valence-corrected chi connectivity index (χ4v) is 2.93. The second-order valence-electron chi connectivity index (χ2n) is 5.99. The van der Waals surface area contributed by atoms with Crippen molar-refractivity contribution in [3.63, 3.8) is 0 Å². The van der Waals surface area contributed by atoms with Crippen LogP contribution in [0.3, 0.4) is 0 Å². The molecule has 1 unspecified atom stereocenters. The van der Waals surface area contributed by atoms with Gasteiger partial charge in [-0.25, -0.2) is 0 Å². The van der Waals surface area contributed by atoms with Crippen molar-refractivity contribution in [3.05, 3.63) is 29.3 Å². The Bertz CT molecular complexity index is 456. The first-order valence-electron chi connectivity index (χ1n) is 7.25. The van der Waals surface area contributed by atoms with Gasteiger partial charge in [0, 0.05) is 11.6 Å². The van der Waals surface area contributed by atoms with Crippen LogP contribution in [0, 0.1) is 19.8 Å². The fraction of sp³-hybridized carbons (Fsp3) is 0.562. The Balaban J connectivity index is 1.90. The van der Waals surface area contributed by atoms with Crippen LogP contribution in [0.4, 0.5) is 5.69 Å². The van der Waals surface area contributed by atoms with Crippen LogP contribution >= 0.6 is 0 Å². The van der Waals surface area contributed by atoms with E-state index in [9.17, 15) is 4.79 Å². The molecule has 0 spiro atoms. The average Bonchev–Trinajstić information content (AvgIpc) is 2.33. The molecule has 19 heavy (non-hydrogen) atoms. The summed E-state index contributed by atoms with van der Waals surface area (Å²) in [6, 6.07) is 6.14. The maximum Gasteiger partial charge on any atom is 0.279 e. The number of carbonyl (C=O) groups excluding carboxylic acids is 1. The Morgan fingerprint density at radius 1 is 1.42 bits per heavy atom. The molecule has 104 valence electrons. The maximum absolute atomic E-state index is 12.1. The van der Waals surface area contributed by atoms with Gasteiger partial charge in [0.15, 0.2) is 6.54 Å². The van der Waals surface area contributed by atoms with Gasteiger partial charge in [-0.3, -0.25) is 4.79 Å². The van der Waals surface area contributed by atoms with Gasteiger partial charge in [-0.05, 0) is 38.3 Å². The first-order chi connectivity index (χ1) is 9.04. The summed E-state index contributed by atoms with van der Waals surface area (Å²) in [5.74, 6) is 0.883. The highest BCUT2D eigenvalue weighted by molar-refractivity contribution is 5.92. The molecule has 2 N–H and O–H groups in total. The van der Waals surface area contributed by atoms with E-state index in [1.807, 2.05) is 19.1 Å². The average molecular weight is 261 g/mol. The summed E-state index contributed by atoms with van der Waals surface area (Å²) < 4.78 is 0. The monoisotopic (exact) mass is 261 g/mol.